The molecule has 1 fully saturated rings. The maximum absolute atomic E-state index is 12.9. The van der Waals surface area contributed by atoms with Crippen molar-refractivity contribution in [2.24, 2.45) is 0 Å². The molecule has 0 bridgehead atoms. The highest BCUT2D eigenvalue weighted by molar-refractivity contribution is 7.90. The van der Waals surface area contributed by atoms with E-state index in [1.54, 1.807) is 24.1 Å². The summed E-state index contributed by atoms with van der Waals surface area (Å²) in [6.07, 6.45) is 1.15. The topological polar surface area (TPSA) is 66.9 Å². The predicted octanol–water partition coefficient (Wildman–Crippen LogP) is 2.37. The number of nitrogens with zero attached hydrogens (tertiary/aromatic N) is 2. The summed E-state index contributed by atoms with van der Waals surface area (Å²) in [6.45, 7) is 4.41. The van der Waals surface area contributed by atoms with Gasteiger partial charge in [-0.15, -0.1) is 0 Å². The lowest BCUT2D eigenvalue weighted by Crippen LogP contribution is -2.49. The second kappa shape index (κ2) is 7.60. The summed E-state index contributed by atoms with van der Waals surface area (Å²) in [7, 11) is -1.71. The number of anilines is 1. The first-order valence-electron chi connectivity index (χ1n) is 8.78. The number of piperazine rings is 1. The van der Waals surface area contributed by atoms with Crippen molar-refractivity contribution in [3.8, 4) is 5.75 Å². The van der Waals surface area contributed by atoms with Crippen molar-refractivity contribution in [1.29, 1.82) is 0 Å². The molecule has 0 spiro atoms. The van der Waals surface area contributed by atoms with E-state index in [0.717, 1.165) is 23.3 Å². The van der Waals surface area contributed by atoms with E-state index in [1.165, 1.54) is 6.07 Å². The number of hydrogen-bond acceptors (Lipinski definition) is 5. The second-order valence-corrected chi connectivity index (χ2v) is 8.75. The van der Waals surface area contributed by atoms with Crippen LogP contribution in [0, 0.1) is 6.92 Å². The third-order valence-electron chi connectivity index (χ3n) is 4.85. The van der Waals surface area contributed by atoms with Crippen LogP contribution in [-0.2, 0) is 9.84 Å². The van der Waals surface area contributed by atoms with Gasteiger partial charge in [-0.2, -0.15) is 0 Å². The van der Waals surface area contributed by atoms with Crippen LogP contribution in [-0.4, -0.2) is 58.8 Å². The SMILES string of the molecule is COc1cccc(N2CCN(C(=O)c3cc(S(C)(=O)=O)ccc3C)CC2)c1. The molecule has 1 aliphatic heterocycles. The molecule has 1 aliphatic rings. The Hall–Kier alpha value is -2.54. The molecule has 0 radical (unpaired) electrons. The molecular weight excluding hydrogens is 364 g/mol. The lowest BCUT2D eigenvalue weighted by Gasteiger charge is -2.36. The van der Waals surface area contributed by atoms with Crippen LogP contribution in [0.15, 0.2) is 47.4 Å². The Morgan fingerprint density at radius 3 is 2.37 bits per heavy atom. The summed E-state index contributed by atoms with van der Waals surface area (Å²) in [6, 6.07) is 12.6. The first kappa shape index (κ1) is 19.2. The molecule has 0 atom stereocenters. The number of carbonyl (C=O) groups is 1. The molecular formula is C20H24N2O4S. The van der Waals surface area contributed by atoms with Crippen LogP contribution in [0.5, 0.6) is 5.75 Å². The van der Waals surface area contributed by atoms with Crippen molar-refractivity contribution in [3.05, 3.63) is 53.6 Å². The maximum atomic E-state index is 12.9. The Balaban J connectivity index is 1.73. The van der Waals surface area contributed by atoms with Crippen LogP contribution < -0.4 is 9.64 Å². The quantitative estimate of drug-likeness (QED) is 0.804. The zero-order valence-electron chi connectivity index (χ0n) is 15.8. The van der Waals surface area contributed by atoms with Crippen molar-refractivity contribution >= 4 is 21.4 Å². The Kier molecular flexibility index (Phi) is 5.41. The molecule has 144 valence electrons. The number of amides is 1. The zero-order valence-corrected chi connectivity index (χ0v) is 16.6. The van der Waals surface area contributed by atoms with Gasteiger partial charge in [0.15, 0.2) is 9.84 Å². The molecule has 1 saturated heterocycles. The van der Waals surface area contributed by atoms with Gasteiger partial charge in [-0.05, 0) is 36.8 Å². The standard InChI is InChI=1S/C20H24N2O4S/c1-15-7-8-18(27(3,24)25)14-19(15)20(23)22-11-9-21(10-12-22)16-5-4-6-17(13-16)26-2/h4-8,13-14H,9-12H2,1-3H3. The number of methoxy groups -OCH3 is 1. The number of ether oxygens (including phenoxy) is 1. The Morgan fingerprint density at radius 2 is 1.74 bits per heavy atom. The molecule has 0 saturated carbocycles. The third kappa shape index (κ3) is 4.24. The molecule has 27 heavy (non-hydrogen) atoms. The van der Waals surface area contributed by atoms with Gasteiger partial charge in [-0.3, -0.25) is 4.79 Å². The van der Waals surface area contributed by atoms with E-state index < -0.39 is 9.84 Å². The van der Waals surface area contributed by atoms with Gasteiger partial charge in [-0.25, -0.2) is 8.42 Å². The summed E-state index contributed by atoms with van der Waals surface area (Å²) >= 11 is 0. The highest BCUT2D eigenvalue weighted by atomic mass is 32.2. The average molecular weight is 388 g/mol. The largest absolute Gasteiger partial charge is 0.497 e. The summed E-state index contributed by atoms with van der Waals surface area (Å²) in [4.78, 5) is 17.1. The second-order valence-electron chi connectivity index (χ2n) is 6.73. The molecule has 0 N–H and O–H groups in total. The number of hydrogen-bond donors (Lipinski definition) is 0. The molecule has 1 amide bonds. The maximum Gasteiger partial charge on any atom is 0.254 e. The molecule has 0 aromatic heterocycles. The molecule has 0 unspecified atom stereocenters. The minimum absolute atomic E-state index is 0.122. The summed E-state index contributed by atoms with van der Waals surface area (Å²) < 4.78 is 28.9. The third-order valence-corrected chi connectivity index (χ3v) is 5.96. The van der Waals surface area contributed by atoms with Crippen molar-refractivity contribution in [2.75, 3.05) is 44.4 Å². The molecule has 0 aliphatic carbocycles. The molecule has 6 nitrogen and oxygen atoms in total. The average Bonchev–Trinajstić information content (AvgIpc) is 2.67. The first-order chi connectivity index (χ1) is 12.8. The van der Waals surface area contributed by atoms with Gasteiger partial charge in [0.25, 0.3) is 5.91 Å². The Bertz CT molecular complexity index is 948. The summed E-state index contributed by atoms with van der Waals surface area (Å²) in [5, 5.41) is 0. The monoisotopic (exact) mass is 388 g/mol. The summed E-state index contributed by atoms with van der Waals surface area (Å²) in [5.41, 5.74) is 2.30. The van der Waals surface area contributed by atoms with Crippen LogP contribution in [0.2, 0.25) is 0 Å². The van der Waals surface area contributed by atoms with Crippen molar-refractivity contribution in [1.82, 2.24) is 4.90 Å². The fraction of sp³-hybridized carbons (Fsp3) is 0.350. The van der Waals surface area contributed by atoms with Gasteiger partial charge in [-0.1, -0.05) is 12.1 Å². The van der Waals surface area contributed by atoms with Gasteiger partial charge >= 0.3 is 0 Å². The van der Waals surface area contributed by atoms with Crippen LogP contribution in [0.25, 0.3) is 0 Å². The molecule has 2 aromatic rings. The van der Waals surface area contributed by atoms with E-state index in [0.29, 0.717) is 31.7 Å². The first-order valence-corrected chi connectivity index (χ1v) is 10.7. The van der Waals surface area contributed by atoms with E-state index in [-0.39, 0.29) is 10.8 Å². The highest BCUT2D eigenvalue weighted by Crippen LogP contribution is 2.23. The Morgan fingerprint density at radius 1 is 1.04 bits per heavy atom. The van der Waals surface area contributed by atoms with Gasteiger partial charge in [0.1, 0.15) is 5.75 Å². The van der Waals surface area contributed by atoms with Crippen LogP contribution in [0.3, 0.4) is 0 Å². The fourth-order valence-electron chi connectivity index (χ4n) is 3.21. The Labute approximate surface area is 160 Å². The van der Waals surface area contributed by atoms with E-state index in [2.05, 4.69) is 4.90 Å². The van der Waals surface area contributed by atoms with E-state index in [9.17, 15) is 13.2 Å². The van der Waals surface area contributed by atoms with Crippen molar-refractivity contribution in [2.45, 2.75) is 11.8 Å². The molecule has 7 heteroatoms. The van der Waals surface area contributed by atoms with Crippen LogP contribution in [0.4, 0.5) is 5.69 Å². The normalized spacial score (nSPS) is 14.9. The number of benzene rings is 2. The lowest BCUT2D eigenvalue weighted by molar-refractivity contribution is 0.0745. The van der Waals surface area contributed by atoms with Crippen molar-refractivity contribution < 1.29 is 17.9 Å². The minimum atomic E-state index is -3.35. The smallest absolute Gasteiger partial charge is 0.254 e. The molecule has 1 heterocycles. The highest BCUT2D eigenvalue weighted by Gasteiger charge is 2.24. The van der Waals surface area contributed by atoms with Crippen LogP contribution >= 0.6 is 0 Å². The number of rotatable bonds is 4. The van der Waals surface area contributed by atoms with Gasteiger partial charge in [0, 0.05) is 49.8 Å². The number of aryl methyl sites for hydroxylation is 1. The van der Waals surface area contributed by atoms with E-state index >= 15 is 0 Å². The minimum Gasteiger partial charge on any atom is -0.497 e. The number of sulfone groups is 1. The summed E-state index contributed by atoms with van der Waals surface area (Å²) in [5.74, 6) is 0.683. The van der Waals surface area contributed by atoms with E-state index in [1.807, 2.05) is 31.2 Å². The van der Waals surface area contributed by atoms with Crippen molar-refractivity contribution in [3.63, 3.8) is 0 Å². The lowest BCUT2D eigenvalue weighted by atomic mass is 10.1. The fourth-order valence-corrected chi connectivity index (χ4v) is 3.85. The van der Waals surface area contributed by atoms with Crippen LogP contribution in [0.1, 0.15) is 15.9 Å². The van der Waals surface area contributed by atoms with Gasteiger partial charge < -0.3 is 14.5 Å². The molecule has 2 aromatic carbocycles. The number of carbonyl (C=O) groups excluding carboxylic acids is 1. The van der Waals surface area contributed by atoms with Gasteiger partial charge in [0.2, 0.25) is 0 Å². The molecule has 3 rings (SSSR count). The zero-order chi connectivity index (χ0) is 19.6. The van der Waals surface area contributed by atoms with Gasteiger partial charge in [0.05, 0.1) is 12.0 Å². The van der Waals surface area contributed by atoms with E-state index in [4.69, 9.17) is 4.74 Å². The predicted molar refractivity (Wildman–Crippen MR) is 105 cm³/mol.